The van der Waals surface area contributed by atoms with Gasteiger partial charge in [0.05, 0.1) is 5.52 Å². The standard InChI is InChI=1S/C27H28FN5O/c1-17(32-27(34)21-9-7-20(8-10-21)26-30-16-31-33(26)2)18-3-5-19(6-4-18)23-13-14-29-25-12-11-22(28)15-24(23)25/h7-19H,3-6H2,1-2H3,(H,32,34)/t17-,18-,19-/m1/s1. The second kappa shape index (κ2) is 9.33. The van der Waals surface area contributed by atoms with E-state index in [0.717, 1.165) is 48.0 Å². The van der Waals surface area contributed by atoms with Gasteiger partial charge in [-0.1, -0.05) is 12.1 Å². The topological polar surface area (TPSA) is 72.7 Å². The Bertz CT molecular complexity index is 1310. The monoisotopic (exact) mass is 457 g/mol. The highest BCUT2D eigenvalue weighted by Crippen LogP contribution is 2.39. The van der Waals surface area contributed by atoms with Gasteiger partial charge in [-0.25, -0.2) is 14.1 Å². The minimum atomic E-state index is -0.226. The van der Waals surface area contributed by atoms with E-state index in [0.29, 0.717) is 17.4 Å². The third-order valence-corrected chi connectivity index (χ3v) is 7.13. The number of carbonyl (C=O) groups excluding carboxylic acids is 1. The highest BCUT2D eigenvalue weighted by Gasteiger charge is 2.28. The summed E-state index contributed by atoms with van der Waals surface area (Å²) in [7, 11) is 1.84. The van der Waals surface area contributed by atoms with E-state index in [1.807, 2.05) is 43.6 Å². The van der Waals surface area contributed by atoms with E-state index in [4.69, 9.17) is 0 Å². The number of aryl methyl sites for hydroxylation is 1. The summed E-state index contributed by atoms with van der Waals surface area (Å²) < 4.78 is 15.6. The van der Waals surface area contributed by atoms with Crippen LogP contribution in [0.3, 0.4) is 0 Å². The maximum absolute atomic E-state index is 13.8. The number of hydrogen-bond donors (Lipinski definition) is 1. The Balaban J connectivity index is 1.20. The molecule has 0 saturated heterocycles. The van der Waals surface area contributed by atoms with Gasteiger partial charge in [-0.3, -0.25) is 9.78 Å². The van der Waals surface area contributed by atoms with Crippen LogP contribution in [0.5, 0.6) is 0 Å². The first-order valence-corrected chi connectivity index (χ1v) is 11.8. The van der Waals surface area contributed by atoms with Crippen molar-refractivity contribution < 1.29 is 9.18 Å². The predicted octanol–water partition coefficient (Wildman–Crippen LogP) is 5.26. The maximum atomic E-state index is 13.8. The number of amides is 1. The number of carbonyl (C=O) groups is 1. The van der Waals surface area contributed by atoms with Crippen molar-refractivity contribution in [3.63, 3.8) is 0 Å². The number of hydrogen-bond acceptors (Lipinski definition) is 4. The predicted molar refractivity (Wildman–Crippen MR) is 130 cm³/mol. The molecule has 1 aliphatic rings. The van der Waals surface area contributed by atoms with Crippen LogP contribution in [0.2, 0.25) is 0 Å². The lowest BCUT2D eigenvalue weighted by Gasteiger charge is -2.33. The molecule has 174 valence electrons. The van der Waals surface area contributed by atoms with Gasteiger partial charge in [0.15, 0.2) is 5.82 Å². The molecule has 0 spiro atoms. The van der Waals surface area contributed by atoms with Gasteiger partial charge in [0.1, 0.15) is 12.1 Å². The maximum Gasteiger partial charge on any atom is 0.251 e. The molecule has 7 heteroatoms. The molecule has 0 bridgehead atoms. The van der Waals surface area contributed by atoms with E-state index in [-0.39, 0.29) is 17.8 Å². The van der Waals surface area contributed by atoms with Gasteiger partial charge in [0.25, 0.3) is 5.91 Å². The average Bonchev–Trinajstić information content (AvgIpc) is 3.29. The van der Waals surface area contributed by atoms with Crippen LogP contribution in [0.4, 0.5) is 4.39 Å². The third kappa shape index (κ3) is 4.42. The quantitative estimate of drug-likeness (QED) is 0.444. The lowest BCUT2D eigenvalue weighted by Crippen LogP contribution is -2.39. The first-order chi connectivity index (χ1) is 16.5. The molecule has 2 aromatic heterocycles. The molecule has 1 saturated carbocycles. The summed E-state index contributed by atoms with van der Waals surface area (Å²) in [5.41, 5.74) is 3.58. The molecule has 0 radical (unpaired) electrons. The number of pyridine rings is 1. The van der Waals surface area contributed by atoms with Crippen molar-refractivity contribution in [2.45, 2.75) is 44.6 Å². The minimum absolute atomic E-state index is 0.0604. The zero-order valence-electron chi connectivity index (χ0n) is 19.4. The van der Waals surface area contributed by atoms with Crippen LogP contribution in [-0.2, 0) is 7.05 Å². The summed E-state index contributed by atoms with van der Waals surface area (Å²) >= 11 is 0. The number of nitrogens with zero attached hydrogens (tertiary/aromatic N) is 4. The molecule has 34 heavy (non-hydrogen) atoms. The number of benzene rings is 2. The van der Waals surface area contributed by atoms with E-state index in [1.54, 1.807) is 16.8 Å². The van der Waals surface area contributed by atoms with Gasteiger partial charge in [0.2, 0.25) is 0 Å². The number of halogens is 1. The van der Waals surface area contributed by atoms with Gasteiger partial charge >= 0.3 is 0 Å². The molecule has 6 nitrogen and oxygen atoms in total. The van der Waals surface area contributed by atoms with Gasteiger partial charge < -0.3 is 5.32 Å². The smallest absolute Gasteiger partial charge is 0.251 e. The molecule has 5 rings (SSSR count). The van der Waals surface area contributed by atoms with Crippen molar-refractivity contribution in [2.75, 3.05) is 0 Å². The van der Waals surface area contributed by atoms with Crippen LogP contribution in [-0.4, -0.2) is 31.7 Å². The Labute approximate surface area is 198 Å². The Hall–Kier alpha value is -3.61. The summed E-state index contributed by atoms with van der Waals surface area (Å²) in [6, 6.07) is 14.4. The zero-order chi connectivity index (χ0) is 23.7. The fraction of sp³-hybridized carbons (Fsp3) is 0.333. The average molecular weight is 458 g/mol. The van der Waals surface area contributed by atoms with Crippen LogP contribution in [0.15, 0.2) is 61.1 Å². The number of aromatic nitrogens is 4. The molecular weight excluding hydrogens is 429 g/mol. The molecule has 4 aromatic rings. The molecule has 1 amide bonds. The summed E-state index contributed by atoms with van der Waals surface area (Å²) in [5.74, 6) is 1.29. The van der Waals surface area contributed by atoms with E-state index < -0.39 is 0 Å². The van der Waals surface area contributed by atoms with Crippen molar-refractivity contribution >= 4 is 16.8 Å². The molecule has 1 N–H and O–H groups in total. The van der Waals surface area contributed by atoms with Gasteiger partial charge in [-0.15, -0.1) is 0 Å². The molecule has 1 aliphatic carbocycles. The van der Waals surface area contributed by atoms with Gasteiger partial charge in [-0.05, 0) is 86.4 Å². The normalized spacial score (nSPS) is 19.1. The summed E-state index contributed by atoms with van der Waals surface area (Å²) in [6.45, 7) is 2.09. The molecule has 0 aliphatic heterocycles. The Kier molecular flexibility index (Phi) is 6.09. The van der Waals surface area contributed by atoms with Crippen molar-refractivity contribution in [1.29, 1.82) is 0 Å². The highest BCUT2D eigenvalue weighted by molar-refractivity contribution is 5.94. The van der Waals surface area contributed by atoms with Crippen molar-refractivity contribution in [2.24, 2.45) is 13.0 Å². The van der Waals surface area contributed by atoms with Crippen LogP contribution < -0.4 is 5.32 Å². The van der Waals surface area contributed by atoms with Crippen molar-refractivity contribution in [3.05, 3.63) is 78.0 Å². The fourth-order valence-corrected chi connectivity index (χ4v) is 5.16. The minimum Gasteiger partial charge on any atom is -0.349 e. The van der Waals surface area contributed by atoms with Crippen molar-refractivity contribution in [3.8, 4) is 11.4 Å². The van der Waals surface area contributed by atoms with Gasteiger partial charge in [0, 0.05) is 35.8 Å². The van der Waals surface area contributed by atoms with Crippen LogP contribution in [0.1, 0.15) is 54.4 Å². The SMILES string of the molecule is C[C@@H](NC(=O)c1ccc(-c2ncnn2C)cc1)[C@H]1CC[C@H](c2ccnc3ccc(F)cc32)CC1. The highest BCUT2D eigenvalue weighted by atomic mass is 19.1. The van der Waals surface area contributed by atoms with E-state index in [2.05, 4.69) is 27.3 Å². The number of nitrogens with one attached hydrogen (secondary N) is 1. The van der Waals surface area contributed by atoms with Crippen LogP contribution >= 0.6 is 0 Å². The largest absolute Gasteiger partial charge is 0.349 e. The Morgan fingerprint density at radius 1 is 1.06 bits per heavy atom. The van der Waals surface area contributed by atoms with Crippen molar-refractivity contribution in [1.82, 2.24) is 25.1 Å². The molecule has 2 heterocycles. The molecule has 0 unspecified atom stereocenters. The lowest BCUT2D eigenvalue weighted by molar-refractivity contribution is 0.0918. The second-order valence-corrected chi connectivity index (χ2v) is 9.22. The van der Waals surface area contributed by atoms with Crippen LogP contribution in [0.25, 0.3) is 22.3 Å². The number of rotatable bonds is 5. The zero-order valence-corrected chi connectivity index (χ0v) is 19.4. The molecule has 1 atom stereocenters. The Morgan fingerprint density at radius 3 is 2.53 bits per heavy atom. The lowest BCUT2D eigenvalue weighted by atomic mass is 9.75. The first kappa shape index (κ1) is 22.2. The van der Waals surface area contributed by atoms with E-state index >= 15 is 0 Å². The summed E-state index contributed by atoms with van der Waals surface area (Å²) in [4.78, 5) is 21.5. The third-order valence-electron chi connectivity index (χ3n) is 7.13. The van der Waals surface area contributed by atoms with E-state index in [1.165, 1.54) is 18.0 Å². The second-order valence-electron chi connectivity index (χ2n) is 9.22. The molecule has 1 fully saturated rings. The van der Waals surface area contributed by atoms with Crippen LogP contribution in [0, 0.1) is 11.7 Å². The molecular formula is C27H28FN5O. The van der Waals surface area contributed by atoms with Gasteiger partial charge in [-0.2, -0.15) is 5.10 Å². The first-order valence-electron chi connectivity index (χ1n) is 11.8. The Morgan fingerprint density at radius 2 is 1.82 bits per heavy atom. The molecule has 2 aromatic carbocycles. The fourth-order valence-electron chi connectivity index (χ4n) is 5.16. The summed E-state index contributed by atoms with van der Waals surface area (Å²) in [5, 5.41) is 8.20. The number of fused-ring (bicyclic) bond motifs is 1. The summed E-state index contributed by atoms with van der Waals surface area (Å²) in [6.07, 6.45) is 7.43. The van der Waals surface area contributed by atoms with E-state index in [9.17, 15) is 9.18 Å².